The molecule has 3 heterocycles. The number of hydrogen-bond acceptors (Lipinski definition) is 3. The van der Waals surface area contributed by atoms with E-state index < -0.39 is 5.41 Å². The van der Waals surface area contributed by atoms with Crippen molar-refractivity contribution >= 4 is 78.2 Å². The molecule has 0 bridgehead atoms. The van der Waals surface area contributed by atoms with Crippen molar-refractivity contribution in [2.75, 3.05) is 10.2 Å². The van der Waals surface area contributed by atoms with Crippen LogP contribution < -0.4 is 21.1 Å². The van der Waals surface area contributed by atoms with Crippen LogP contribution in [-0.2, 0) is 21.7 Å². The van der Waals surface area contributed by atoms with E-state index in [0.29, 0.717) is 0 Å². The highest BCUT2D eigenvalue weighted by atomic mass is 32.1. The van der Waals surface area contributed by atoms with E-state index >= 15 is 0 Å². The third-order valence-corrected chi connectivity index (χ3v) is 18.4. The van der Waals surface area contributed by atoms with Crippen LogP contribution in [-0.4, -0.2) is 7.28 Å². The van der Waals surface area contributed by atoms with E-state index in [-0.39, 0.29) is 16.2 Å². The largest absolute Gasteiger partial charge is 0.355 e. The van der Waals surface area contributed by atoms with Gasteiger partial charge in [-0.3, -0.25) is 0 Å². The summed E-state index contributed by atoms with van der Waals surface area (Å²) in [6.07, 6.45) is 2.37. The Balaban J connectivity index is 1.09. The molecule has 0 unspecified atom stereocenters. The first-order valence-electron chi connectivity index (χ1n) is 25.3. The molecule has 14 rings (SSSR count). The van der Waals surface area contributed by atoms with Crippen LogP contribution in [0.3, 0.4) is 0 Å². The first-order chi connectivity index (χ1) is 34.0. The average Bonchev–Trinajstić information content (AvgIpc) is 3.87. The zero-order valence-corrected chi connectivity index (χ0v) is 41.7. The molecule has 0 amide bonds. The van der Waals surface area contributed by atoms with E-state index in [9.17, 15) is 0 Å². The zero-order chi connectivity index (χ0) is 47.3. The molecule has 2 aliphatic heterocycles. The lowest BCUT2D eigenvalue weighted by molar-refractivity contribution is 0.332. The minimum atomic E-state index is -0.541. The van der Waals surface area contributed by atoms with Crippen LogP contribution in [0.5, 0.6) is 0 Å². The summed E-state index contributed by atoms with van der Waals surface area (Å²) in [6.45, 7) is 14.6. The number of hydrogen-bond donors (Lipinski definition) is 1. The maximum Gasteiger partial charge on any atom is 0.198 e. The molecular weight excluding hydrogens is 864 g/mol. The molecule has 1 N–H and O–H groups in total. The van der Waals surface area contributed by atoms with Crippen LogP contribution in [0, 0.1) is 0 Å². The molecule has 2 nitrogen and oxygen atoms in total. The monoisotopic (exact) mass is 918 g/mol. The minimum Gasteiger partial charge on any atom is -0.355 e. The molecule has 0 fully saturated rings. The molecular formula is C66H55BN2S. The predicted molar refractivity (Wildman–Crippen MR) is 300 cm³/mol. The maximum absolute atomic E-state index is 4.18. The Kier molecular flexibility index (Phi) is 8.78. The molecule has 338 valence electrons. The van der Waals surface area contributed by atoms with Gasteiger partial charge in [-0.2, -0.15) is 0 Å². The van der Waals surface area contributed by atoms with Crippen molar-refractivity contribution < 1.29 is 0 Å². The van der Waals surface area contributed by atoms with Gasteiger partial charge in [-0.25, -0.2) is 0 Å². The smallest absolute Gasteiger partial charge is 0.198 e. The first-order valence-corrected chi connectivity index (χ1v) is 26.1. The van der Waals surface area contributed by atoms with Crippen molar-refractivity contribution in [1.82, 2.24) is 0 Å². The lowest BCUT2D eigenvalue weighted by Crippen LogP contribution is -2.47. The van der Waals surface area contributed by atoms with Crippen molar-refractivity contribution in [1.29, 1.82) is 0 Å². The van der Waals surface area contributed by atoms with E-state index in [2.05, 4.69) is 240 Å². The molecule has 4 heteroatoms. The molecule has 0 atom stereocenters. The topological polar surface area (TPSA) is 15.3 Å². The van der Waals surface area contributed by atoms with Gasteiger partial charge in [0.2, 0.25) is 0 Å². The SMILES string of the molecule is CC1(C)CCC(C)(C)c2cc(Nc3ccc4c(c3-c3cc5c(sc6ccccc65)c5c3Bc3cccc6c3N5c3ccccc3C6(c3ccccc3)c3ccccc3)C(C)(C)c3ccccc3-4)ccc21. The summed E-state index contributed by atoms with van der Waals surface area (Å²) in [7, 11) is 0.801. The fraction of sp³-hybridized carbons (Fsp3) is 0.182. The Morgan fingerprint density at radius 1 is 0.500 bits per heavy atom. The number of benzene rings is 9. The van der Waals surface area contributed by atoms with Crippen LogP contribution in [0.1, 0.15) is 98.9 Å². The Morgan fingerprint density at radius 3 is 1.93 bits per heavy atom. The summed E-state index contributed by atoms with van der Waals surface area (Å²) >= 11 is 1.95. The zero-order valence-electron chi connectivity index (χ0n) is 40.9. The second kappa shape index (κ2) is 14.7. The van der Waals surface area contributed by atoms with Crippen molar-refractivity contribution in [3.8, 4) is 22.3 Å². The van der Waals surface area contributed by atoms with Gasteiger partial charge in [0.1, 0.15) is 0 Å². The summed E-state index contributed by atoms with van der Waals surface area (Å²) in [4.78, 5) is 2.70. The van der Waals surface area contributed by atoms with Gasteiger partial charge in [0.25, 0.3) is 0 Å². The minimum absolute atomic E-state index is 0.0899. The highest BCUT2D eigenvalue weighted by molar-refractivity contribution is 7.26. The van der Waals surface area contributed by atoms with Gasteiger partial charge in [-0.1, -0.05) is 199 Å². The standard InChI is InChI=1S/C66H55BN2S/c1-63(2)36-37-64(3,4)52-38-42(32-34-49(52)63)68-54-35-33-45-43-24-13-15-26-48(43)65(5,6)58(45)57(54)47-39-46-44-25-14-18-31-56(44)70-62(46)61-59(47)67-53-29-19-28-51-60(53)69(61)55-30-17-16-27-50(55)66(51,40-20-9-7-10-21-40)41-22-11-8-12-23-41/h7-35,38-39,67-68H,36-37H2,1-6H3. The third-order valence-electron chi connectivity index (χ3n) is 17.2. The number of nitrogens with one attached hydrogen (secondary N) is 1. The molecule has 0 spiro atoms. The van der Waals surface area contributed by atoms with Gasteiger partial charge in [-0.15, -0.1) is 11.3 Å². The number of rotatable bonds is 5. The molecule has 70 heavy (non-hydrogen) atoms. The second-order valence-electron chi connectivity index (χ2n) is 22.3. The van der Waals surface area contributed by atoms with Gasteiger partial charge in [0.15, 0.2) is 7.28 Å². The van der Waals surface area contributed by atoms with Gasteiger partial charge >= 0.3 is 0 Å². The normalized spacial score (nSPS) is 16.9. The maximum atomic E-state index is 4.18. The fourth-order valence-electron chi connectivity index (χ4n) is 13.7. The summed E-state index contributed by atoms with van der Waals surface area (Å²) in [5.74, 6) is 0. The molecule has 4 aliphatic rings. The predicted octanol–water partition coefficient (Wildman–Crippen LogP) is 16.0. The number of para-hydroxylation sites is 2. The molecule has 0 saturated heterocycles. The van der Waals surface area contributed by atoms with Crippen LogP contribution >= 0.6 is 11.3 Å². The molecule has 9 aromatic carbocycles. The molecule has 10 aromatic rings. The van der Waals surface area contributed by atoms with Crippen molar-refractivity contribution in [3.63, 3.8) is 0 Å². The van der Waals surface area contributed by atoms with E-state index in [4.69, 9.17) is 0 Å². The lowest BCUT2D eigenvalue weighted by Gasteiger charge is -2.49. The summed E-state index contributed by atoms with van der Waals surface area (Å²) in [5.41, 5.74) is 24.5. The summed E-state index contributed by atoms with van der Waals surface area (Å²) < 4.78 is 2.65. The Bertz CT molecular complexity index is 3780. The average molecular weight is 919 g/mol. The Hall–Kier alpha value is -7.14. The van der Waals surface area contributed by atoms with Gasteiger partial charge in [0.05, 0.1) is 21.5 Å². The number of nitrogens with zero attached hydrogens (tertiary/aromatic N) is 1. The molecule has 2 aliphatic carbocycles. The number of anilines is 5. The van der Waals surface area contributed by atoms with Gasteiger partial charge < -0.3 is 10.2 Å². The van der Waals surface area contributed by atoms with E-state index in [1.54, 1.807) is 0 Å². The van der Waals surface area contributed by atoms with E-state index in [1.807, 2.05) is 11.3 Å². The lowest BCUT2D eigenvalue weighted by atomic mass is 9.54. The van der Waals surface area contributed by atoms with Gasteiger partial charge in [-0.05, 0) is 127 Å². The third kappa shape index (κ3) is 5.63. The highest BCUT2D eigenvalue weighted by Gasteiger charge is 2.49. The summed E-state index contributed by atoms with van der Waals surface area (Å²) in [6, 6.07) is 71.8. The van der Waals surface area contributed by atoms with E-state index in [0.717, 1.165) is 18.7 Å². The van der Waals surface area contributed by atoms with Gasteiger partial charge in [0, 0.05) is 43.5 Å². The van der Waals surface area contributed by atoms with Crippen molar-refractivity contribution in [2.45, 2.75) is 76.0 Å². The fourth-order valence-corrected chi connectivity index (χ4v) is 15.0. The van der Waals surface area contributed by atoms with Crippen LogP contribution in [0.15, 0.2) is 188 Å². The van der Waals surface area contributed by atoms with Crippen molar-refractivity contribution in [3.05, 3.63) is 233 Å². The van der Waals surface area contributed by atoms with Crippen LogP contribution in [0.25, 0.3) is 42.4 Å². The molecule has 1 aromatic heterocycles. The molecule has 0 saturated carbocycles. The van der Waals surface area contributed by atoms with E-state index in [1.165, 1.54) is 128 Å². The molecule has 0 radical (unpaired) electrons. The summed E-state index contributed by atoms with van der Waals surface area (Å²) in [5, 5.41) is 6.80. The number of thiophene rings is 1. The second-order valence-corrected chi connectivity index (χ2v) is 23.3. The Morgan fingerprint density at radius 2 is 1.16 bits per heavy atom. The quantitative estimate of drug-likeness (QED) is 0.173. The highest BCUT2D eigenvalue weighted by Crippen LogP contribution is 2.61. The number of fused-ring (bicyclic) bond motifs is 12. The van der Waals surface area contributed by atoms with Crippen LogP contribution in [0.4, 0.5) is 28.4 Å². The Labute approximate surface area is 416 Å². The van der Waals surface area contributed by atoms with Crippen LogP contribution in [0.2, 0.25) is 0 Å². The first kappa shape index (κ1) is 41.8. The van der Waals surface area contributed by atoms with Crippen molar-refractivity contribution in [2.24, 2.45) is 0 Å².